The molecule has 0 amide bonds. The molecule has 11 nitrogen and oxygen atoms in total. The van der Waals surface area contributed by atoms with Crippen molar-refractivity contribution in [2.24, 2.45) is 0 Å². The molecule has 1 saturated heterocycles. The van der Waals surface area contributed by atoms with Gasteiger partial charge in [-0.05, 0) is 25.7 Å². The molecule has 0 aromatic heterocycles. The molecule has 0 radical (unpaired) electrons. The van der Waals surface area contributed by atoms with Crippen LogP contribution in [0.2, 0.25) is 0 Å². The Bertz CT molecular complexity index is 743. The number of carbonyl (C=O) groups excluding carboxylic acids is 1. The Morgan fingerprint density at radius 3 is 2.08 bits per heavy atom. The van der Waals surface area contributed by atoms with E-state index in [1.807, 2.05) is 0 Å². The highest BCUT2D eigenvalue weighted by atomic mass is 32.2. The van der Waals surface area contributed by atoms with Gasteiger partial charge < -0.3 is 34.6 Å². The number of esters is 1. The van der Waals surface area contributed by atoms with Crippen molar-refractivity contribution in [2.45, 2.75) is 121 Å². The fourth-order valence-electron chi connectivity index (χ4n) is 3.97. The quantitative estimate of drug-likeness (QED) is 0.0641. The monoisotopic (exact) mass is 554 g/mol. The number of hydrogen-bond donors (Lipinski definition) is 5. The average molecular weight is 555 g/mol. The summed E-state index contributed by atoms with van der Waals surface area (Å²) in [5, 5.41) is 39.6. The van der Waals surface area contributed by atoms with Crippen LogP contribution in [0.5, 0.6) is 0 Å². The number of ether oxygens (including phenoxy) is 3. The van der Waals surface area contributed by atoms with Crippen LogP contribution in [0.1, 0.15) is 84.0 Å². The van der Waals surface area contributed by atoms with Crippen LogP contribution in [-0.4, -0.2) is 95.1 Å². The SMILES string of the molecule is CC/C=C\CCCCCCCCCCCC(=O)OC[C@@H](O)CO[C@H]1O[C@H](CS(=O)(=O)O)[C@@H](O)C(O)C1O. The summed E-state index contributed by atoms with van der Waals surface area (Å²) >= 11 is 0. The Kier molecular flexibility index (Phi) is 17.4. The van der Waals surface area contributed by atoms with Gasteiger partial charge in [-0.3, -0.25) is 9.35 Å². The Morgan fingerprint density at radius 1 is 0.892 bits per heavy atom. The van der Waals surface area contributed by atoms with Crippen LogP contribution in [-0.2, 0) is 29.1 Å². The Labute approximate surface area is 220 Å². The van der Waals surface area contributed by atoms with E-state index >= 15 is 0 Å². The van der Waals surface area contributed by atoms with Crippen LogP contribution in [0.25, 0.3) is 0 Å². The molecule has 2 unspecified atom stereocenters. The van der Waals surface area contributed by atoms with Gasteiger partial charge in [0.15, 0.2) is 6.29 Å². The van der Waals surface area contributed by atoms with Gasteiger partial charge >= 0.3 is 5.97 Å². The predicted molar refractivity (Wildman–Crippen MR) is 136 cm³/mol. The molecule has 12 heteroatoms. The van der Waals surface area contributed by atoms with Crippen molar-refractivity contribution < 1.29 is 52.4 Å². The van der Waals surface area contributed by atoms with Gasteiger partial charge in [-0.1, -0.05) is 64.0 Å². The van der Waals surface area contributed by atoms with Gasteiger partial charge in [0.1, 0.15) is 42.9 Å². The first kappa shape index (κ1) is 33.9. The van der Waals surface area contributed by atoms with Crippen molar-refractivity contribution in [3.63, 3.8) is 0 Å². The highest BCUT2D eigenvalue weighted by Crippen LogP contribution is 2.23. The second-order valence-corrected chi connectivity index (χ2v) is 11.0. The third-order valence-electron chi connectivity index (χ3n) is 6.09. The minimum absolute atomic E-state index is 0.241. The highest BCUT2D eigenvalue weighted by Gasteiger charge is 2.45. The maximum atomic E-state index is 11.9. The third-order valence-corrected chi connectivity index (χ3v) is 6.84. The first-order chi connectivity index (χ1) is 17.5. The van der Waals surface area contributed by atoms with E-state index in [4.69, 9.17) is 18.8 Å². The minimum Gasteiger partial charge on any atom is -0.463 e. The molecular weight excluding hydrogens is 508 g/mol. The van der Waals surface area contributed by atoms with Crippen LogP contribution in [0.4, 0.5) is 0 Å². The second-order valence-electron chi connectivity index (χ2n) is 9.53. The smallest absolute Gasteiger partial charge is 0.305 e. The Morgan fingerprint density at radius 2 is 1.49 bits per heavy atom. The van der Waals surface area contributed by atoms with E-state index in [9.17, 15) is 33.6 Å². The fourth-order valence-corrected chi connectivity index (χ4v) is 4.66. The summed E-state index contributed by atoms with van der Waals surface area (Å²) in [4.78, 5) is 11.9. The van der Waals surface area contributed by atoms with Gasteiger partial charge in [-0.25, -0.2) is 0 Å². The molecule has 1 heterocycles. The molecule has 1 rings (SSSR count). The summed E-state index contributed by atoms with van der Waals surface area (Å²) in [6.07, 6.45) is 7.36. The molecule has 0 bridgehead atoms. The topological polar surface area (TPSA) is 180 Å². The molecule has 1 aliphatic rings. The van der Waals surface area contributed by atoms with Crippen LogP contribution < -0.4 is 0 Å². The molecule has 5 N–H and O–H groups in total. The molecule has 0 aliphatic carbocycles. The van der Waals surface area contributed by atoms with E-state index in [1.165, 1.54) is 38.5 Å². The van der Waals surface area contributed by atoms with Gasteiger partial charge in [0.05, 0.1) is 6.61 Å². The fraction of sp³-hybridized carbons (Fsp3) is 0.880. The number of hydrogen-bond acceptors (Lipinski definition) is 10. The van der Waals surface area contributed by atoms with E-state index < -0.39 is 65.3 Å². The van der Waals surface area contributed by atoms with Crippen LogP contribution in [0.15, 0.2) is 12.2 Å². The molecule has 0 aromatic carbocycles. The number of unbranched alkanes of at least 4 members (excludes halogenated alkanes) is 9. The van der Waals surface area contributed by atoms with Gasteiger partial charge in [0, 0.05) is 6.42 Å². The third kappa shape index (κ3) is 15.8. The normalized spacial score (nSPS) is 25.4. The molecule has 0 saturated carbocycles. The van der Waals surface area contributed by atoms with Gasteiger partial charge in [-0.2, -0.15) is 8.42 Å². The number of allylic oxidation sites excluding steroid dienone is 2. The van der Waals surface area contributed by atoms with Crippen LogP contribution in [0.3, 0.4) is 0 Å². The standard InChI is InChI=1S/C25H46O11S/c1-2-3-4-5-6-7-8-9-10-11-12-13-14-15-21(27)34-16-19(26)17-35-25-24(30)23(29)22(28)20(36-25)18-37(31,32)33/h3-4,19-20,22-26,28-30H,2,5-18H2,1H3,(H,31,32,33)/b4-3-/t19-,20-,22-,23?,24?,25+/m1/s1. The first-order valence-corrected chi connectivity index (χ1v) is 14.9. The van der Waals surface area contributed by atoms with E-state index in [-0.39, 0.29) is 13.0 Å². The van der Waals surface area contributed by atoms with Crippen LogP contribution >= 0.6 is 0 Å². The second kappa shape index (κ2) is 19.0. The highest BCUT2D eigenvalue weighted by molar-refractivity contribution is 7.85. The average Bonchev–Trinajstić information content (AvgIpc) is 2.84. The van der Waals surface area contributed by atoms with E-state index in [0.717, 1.165) is 25.7 Å². The van der Waals surface area contributed by atoms with Crippen molar-refractivity contribution in [2.75, 3.05) is 19.0 Å². The van der Waals surface area contributed by atoms with Crippen molar-refractivity contribution in [3.05, 3.63) is 12.2 Å². The Balaban J connectivity index is 2.11. The first-order valence-electron chi connectivity index (χ1n) is 13.3. The summed E-state index contributed by atoms with van der Waals surface area (Å²) < 4.78 is 46.4. The lowest BCUT2D eigenvalue weighted by atomic mass is 10.00. The molecule has 0 spiro atoms. The molecule has 0 aromatic rings. The zero-order valence-corrected chi connectivity index (χ0v) is 22.6. The molecule has 37 heavy (non-hydrogen) atoms. The molecular formula is C25H46O11S. The van der Waals surface area contributed by atoms with Gasteiger partial charge in [0.2, 0.25) is 0 Å². The van der Waals surface area contributed by atoms with E-state index in [1.54, 1.807) is 0 Å². The zero-order valence-electron chi connectivity index (χ0n) is 21.8. The van der Waals surface area contributed by atoms with Crippen molar-refractivity contribution >= 4 is 16.1 Å². The number of rotatable bonds is 20. The maximum absolute atomic E-state index is 11.9. The summed E-state index contributed by atoms with van der Waals surface area (Å²) in [5.41, 5.74) is 0. The summed E-state index contributed by atoms with van der Waals surface area (Å²) in [7, 11) is -4.53. The zero-order chi connectivity index (χ0) is 27.7. The summed E-state index contributed by atoms with van der Waals surface area (Å²) in [5.74, 6) is -1.47. The lowest BCUT2D eigenvalue weighted by molar-refractivity contribution is -0.296. The van der Waals surface area contributed by atoms with E-state index in [0.29, 0.717) is 6.42 Å². The number of carbonyl (C=O) groups is 1. The lowest BCUT2D eigenvalue weighted by Crippen LogP contribution is -2.60. The van der Waals surface area contributed by atoms with Crippen LogP contribution in [0, 0.1) is 0 Å². The summed E-state index contributed by atoms with van der Waals surface area (Å²) in [6, 6.07) is 0. The molecule has 1 aliphatic heterocycles. The van der Waals surface area contributed by atoms with Gasteiger partial charge in [0.25, 0.3) is 10.1 Å². The van der Waals surface area contributed by atoms with Gasteiger partial charge in [-0.15, -0.1) is 0 Å². The predicted octanol–water partition coefficient (Wildman–Crippen LogP) is 1.86. The lowest BCUT2D eigenvalue weighted by Gasteiger charge is -2.40. The van der Waals surface area contributed by atoms with Crippen molar-refractivity contribution in [1.82, 2.24) is 0 Å². The van der Waals surface area contributed by atoms with Crippen molar-refractivity contribution in [1.29, 1.82) is 0 Å². The van der Waals surface area contributed by atoms with Crippen molar-refractivity contribution in [3.8, 4) is 0 Å². The Hall–Kier alpha value is -1.12. The number of aliphatic hydroxyl groups is 4. The maximum Gasteiger partial charge on any atom is 0.305 e. The molecule has 218 valence electrons. The molecule has 6 atom stereocenters. The minimum atomic E-state index is -4.53. The summed E-state index contributed by atoms with van der Waals surface area (Å²) in [6.45, 7) is 1.34. The molecule has 1 fully saturated rings. The largest absolute Gasteiger partial charge is 0.463 e. The number of aliphatic hydroxyl groups excluding tert-OH is 4. The van der Waals surface area contributed by atoms with E-state index in [2.05, 4.69) is 19.1 Å².